The second kappa shape index (κ2) is 8.67. The molecule has 0 aromatic heterocycles. The molecule has 0 aliphatic rings. The van der Waals surface area contributed by atoms with Crippen LogP contribution in [-0.4, -0.2) is 18.2 Å². The molecular formula is C20H22N2O2. The number of hydrogen-bond donors (Lipinski definition) is 1. The van der Waals surface area contributed by atoms with Crippen molar-refractivity contribution in [1.29, 1.82) is 0 Å². The minimum Gasteiger partial charge on any atom is -0.483 e. The molecule has 0 fully saturated rings. The Morgan fingerprint density at radius 3 is 2.62 bits per heavy atom. The fraction of sp³-hybridized carbons (Fsp3) is 0.200. The van der Waals surface area contributed by atoms with Crippen LogP contribution >= 0.6 is 0 Å². The summed E-state index contributed by atoms with van der Waals surface area (Å²) in [6.07, 6.45) is 3.79. The minimum atomic E-state index is -0.289. The number of benzene rings is 2. The van der Waals surface area contributed by atoms with E-state index in [-0.39, 0.29) is 12.5 Å². The van der Waals surface area contributed by atoms with Gasteiger partial charge < -0.3 is 4.74 Å². The molecule has 2 aromatic rings. The summed E-state index contributed by atoms with van der Waals surface area (Å²) in [4.78, 5) is 11.8. The first kappa shape index (κ1) is 17.5. The lowest BCUT2D eigenvalue weighted by molar-refractivity contribution is -0.123. The topological polar surface area (TPSA) is 50.7 Å². The van der Waals surface area contributed by atoms with Crippen LogP contribution in [0.4, 0.5) is 0 Å². The Morgan fingerprint density at radius 2 is 1.92 bits per heavy atom. The summed E-state index contributed by atoms with van der Waals surface area (Å²) in [7, 11) is 0. The third kappa shape index (κ3) is 5.72. The van der Waals surface area contributed by atoms with Crippen molar-refractivity contribution in [1.82, 2.24) is 5.43 Å². The summed E-state index contributed by atoms with van der Waals surface area (Å²) in [5, 5.41) is 4.04. The van der Waals surface area contributed by atoms with Crippen molar-refractivity contribution in [2.75, 3.05) is 6.61 Å². The fourth-order valence-electron chi connectivity index (χ4n) is 2.11. The summed E-state index contributed by atoms with van der Waals surface area (Å²) in [5.74, 6) is 0.419. The van der Waals surface area contributed by atoms with Crippen molar-refractivity contribution in [2.24, 2.45) is 5.10 Å². The third-order valence-electron chi connectivity index (χ3n) is 3.36. The SMILES string of the molecule is CC(/C=C/c1ccccc1)=N/NC(=O)COc1ccc(C)cc1C. The van der Waals surface area contributed by atoms with Crippen molar-refractivity contribution in [3.8, 4) is 5.75 Å². The van der Waals surface area contributed by atoms with Crippen LogP contribution in [0.2, 0.25) is 0 Å². The Morgan fingerprint density at radius 1 is 1.17 bits per heavy atom. The van der Waals surface area contributed by atoms with Crippen molar-refractivity contribution >= 4 is 17.7 Å². The Kier molecular flexibility index (Phi) is 6.32. The van der Waals surface area contributed by atoms with E-state index in [2.05, 4.69) is 10.5 Å². The Balaban J connectivity index is 1.82. The van der Waals surface area contributed by atoms with Gasteiger partial charge in [-0.3, -0.25) is 4.79 Å². The number of aryl methyl sites for hydroxylation is 2. The van der Waals surface area contributed by atoms with Crippen LogP contribution in [-0.2, 0) is 4.79 Å². The van der Waals surface area contributed by atoms with Crippen LogP contribution in [0.5, 0.6) is 5.75 Å². The van der Waals surface area contributed by atoms with Gasteiger partial charge in [-0.05, 0) is 44.0 Å². The second-order valence-corrected chi connectivity index (χ2v) is 5.59. The molecule has 2 rings (SSSR count). The van der Waals surface area contributed by atoms with Crippen LogP contribution < -0.4 is 10.2 Å². The number of hydrogen-bond acceptors (Lipinski definition) is 3. The van der Waals surface area contributed by atoms with Gasteiger partial charge in [-0.1, -0.05) is 54.1 Å². The van der Waals surface area contributed by atoms with Gasteiger partial charge in [0.05, 0.1) is 5.71 Å². The highest BCUT2D eigenvalue weighted by molar-refractivity contribution is 5.97. The normalized spacial score (nSPS) is 11.5. The number of amides is 1. The zero-order valence-electron chi connectivity index (χ0n) is 14.2. The Hall–Kier alpha value is -2.88. The monoisotopic (exact) mass is 322 g/mol. The summed E-state index contributed by atoms with van der Waals surface area (Å²) >= 11 is 0. The second-order valence-electron chi connectivity index (χ2n) is 5.59. The van der Waals surface area contributed by atoms with E-state index in [9.17, 15) is 4.79 Å². The standard InChI is InChI=1S/C20H22N2O2/c1-15-9-12-19(16(2)13-15)24-14-20(23)22-21-17(3)10-11-18-7-5-4-6-8-18/h4-13H,14H2,1-3H3,(H,22,23)/b11-10+,21-17-. The maximum absolute atomic E-state index is 11.8. The van der Waals surface area contributed by atoms with Crippen LogP contribution in [0.3, 0.4) is 0 Å². The molecule has 4 heteroatoms. The van der Waals surface area contributed by atoms with E-state index in [0.29, 0.717) is 11.5 Å². The minimum absolute atomic E-state index is 0.0664. The number of ether oxygens (including phenoxy) is 1. The summed E-state index contributed by atoms with van der Waals surface area (Å²) in [5.41, 5.74) is 6.45. The predicted octanol–water partition coefficient (Wildman–Crippen LogP) is 3.89. The quantitative estimate of drug-likeness (QED) is 0.648. The van der Waals surface area contributed by atoms with Crippen LogP contribution in [0.1, 0.15) is 23.6 Å². The molecule has 0 heterocycles. The van der Waals surface area contributed by atoms with E-state index < -0.39 is 0 Å². The molecule has 2 aromatic carbocycles. The van der Waals surface area contributed by atoms with Crippen LogP contribution in [0, 0.1) is 13.8 Å². The lowest BCUT2D eigenvalue weighted by Crippen LogP contribution is -2.25. The maximum Gasteiger partial charge on any atom is 0.277 e. The van der Waals surface area contributed by atoms with Gasteiger partial charge in [-0.2, -0.15) is 5.10 Å². The average molecular weight is 322 g/mol. The van der Waals surface area contributed by atoms with Crippen molar-refractivity contribution in [2.45, 2.75) is 20.8 Å². The Bertz CT molecular complexity index is 749. The zero-order valence-corrected chi connectivity index (χ0v) is 14.2. The zero-order chi connectivity index (χ0) is 17.4. The van der Waals surface area contributed by atoms with E-state index in [1.807, 2.05) is 81.5 Å². The van der Waals surface area contributed by atoms with Gasteiger partial charge in [0.2, 0.25) is 0 Å². The highest BCUT2D eigenvalue weighted by Gasteiger charge is 2.04. The maximum atomic E-state index is 11.8. The van der Waals surface area contributed by atoms with E-state index in [1.165, 1.54) is 0 Å². The molecule has 1 amide bonds. The van der Waals surface area contributed by atoms with Gasteiger partial charge in [0, 0.05) is 0 Å². The summed E-state index contributed by atoms with van der Waals surface area (Å²) < 4.78 is 5.52. The van der Waals surface area contributed by atoms with E-state index in [4.69, 9.17) is 4.74 Å². The number of nitrogens with one attached hydrogen (secondary N) is 1. The average Bonchev–Trinajstić information content (AvgIpc) is 2.58. The number of hydrazone groups is 1. The third-order valence-corrected chi connectivity index (χ3v) is 3.36. The molecule has 0 radical (unpaired) electrons. The summed E-state index contributed by atoms with van der Waals surface area (Å²) in [6.45, 7) is 5.73. The molecule has 24 heavy (non-hydrogen) atoms. The van der Waals surface area contributed by atoms with Crippen molar-refractivity contribution < 1.29 is 9.53 Å². The molecule has 0 saturated heterocycles. The molecule has 0 aliphatic carbocycles. The first-order valence-corrected chi connectivity index (χ1v) is 7.81. The number of rotatable bonds is 6. The van der Waals surface area contributed by atoms with Gasteiger partial charge >= 0.3 is 0 Å². The molecule has 124 valence electrons. The van der Waals surface area contributed by atoms with Crippen LogP contribution in [0.25, 0.3) is 6.08 Å². The molecule has 0 atom stereocenters. The molecule has 0 spiro atoms. The van der Waals surface area contributed by atoms with Gasteiger partial charge in [0.15, 0.2) is 6.61 Å². The number of carbonyl (C=O) groups is 1. The highest BCUT2D eigenvalue weighted by Crippen LogP contribution is 2.18. The van der Waals surface area contributed by atoms with E-state index in [0.717, 1.165) is 16.7 Å². The molecule has 0 saturated carbocycles. The van der Waals surface area contributed by atoms with Crippen molar-refractivity contribution in [3.63, 3.8) is 0 Å². The molecule has 0 bridgehead atoms. The number of carbonyl (C=O) groups excluding carboxylic acids is 1. The molecule has 4 nitrogen and oxygen atoms in total. The lowest BCUT2D eigenvalue weighted by atomic mass is 10.1. The Labute approximate surface area is 142 Å². The largest absolute Gasteiger partial charge is 0.483 e. The van der Waals surface area contributed by atoms with Crippen molar-refractivity contribution in [3.05, 3.63) is 71.3 Å². The number of nitrogens with zero attached hydrogens (tertiary/aromatic N) is 1. The smallest absolute Gasteiger partial charge is 0.277 e. The van der Waals surface area contributed by atoms with Crippen LogP contribution in [0.15, 0.2) is 59.7 Å². The van der Waals surface area contributed by atoms with Gasteiger partial charge in [-0.25, -0.2) is 5.43 Å². The first-order valence-electron chi connectivity index (χ1n) is 7.81. The van der Waals surface area contributed by atoms with E-state index in [1.54, 1.807) is 0 Å². The van der Waals surface area contributed by atoms with E-state index >= 15 is 0 Å². The first-order chi connectivity index (χ1) is 11.5. The van der Waals surface area contributed by atoms with Gasteiger partial charge in [0.25, 0.3) is 5.91 Å². The highest BCUT2D eigenvalue weighted by atomic mass is 16.5. The number of allylic oxidation sites excluding steroid dienone is 1. The molecule has 1 N–H and O–H groups in total. The van der Waals surface area contributed by atoms with Gasteiger partial charge in [0.1, 0.15) is 5.75 Å². The molecule has 0 unspecified atom stereocenters. The van der Waals surface area contributed by atoms with Gasteiger partial charge in [-0.15, -0.1) is 0 Å². The summed E-state index contributed by atoms with van der Waals surface area (Å²) in [6, 6.07) is 15.8. The molecular weight excluding hydrogens is 300 g/mol. The fourth-order valence-corrected chi connectivity index (χ4v) is 2.11. The lowest BCUT2D eigenvalue weighted by Gasteiger charge is -2.08. The molecule has 0 aliphatic heterocycles. The predicted molar refractivity (Wildman–Crippen MR) is 98.1 cm³/mol.